The lowest BCUT2D eigenvalue weighted by atomic mass is 9.92. The molecule has 1 saturated heterocycles. The van der Waals surface area contributed by atoms with Gasteiger partial charge in [-0.25, -0.2) is 9.50 Å². The first-order valence-electron chi connectivity index (χ1n) is 7.26. The van der Waals surface area contributed by atoms with Crippen LogP contribution in [-0.2, 0) is 10.2 Å². The number of morpholine rings is 1. The third-order valence-corrected chi connectivity index (χ3v) is 4.09. The lowest BCUT2D eigenvalue weighted by Crippen LogP contribution is -2.43. The number of hydrogen-bond donors (Lipinski definition) is 0. The zero-order valence-electron chi connectivity index (χ0n) is 12.7. The van der Waals surface area contributed by atoms with Crippen molar-refractivity contribution in [2.75, 3.05) is 30.5 Å². The Morgan fingerprint density at radius 2 is 2.24 bits per heavy atom. The predicted octanol–water partition coefficient (Wildman–Crippen LogP) is 2.47. The van der Waals surface area contributed by atoms with Crippen LogP contribution >= 0.6 is 11.6 Å². The Hall–Kier alpha value is -1.33. The molecule has 21 heavy (non-hydrogen) atoms. The molecule has 6 heteroatoms. The third kappa shape index (κ3) is 2.85. The number of alkyl halides is 1. The van der Waals surface area contributed by atoms with Crippen LogP contribution in [0.5, 0.6) is 0 Å². The summed E-state index contributed by atoms with van der Waals surface area (Å²) in [6.07, 6.45) is 3.76. The molecule has 1 atom stereocenters. The summed E-state index contributed by atoms with van der Waals surface area (Å²) in [6, 6.07) is 2.13. The van der Waals surface area contributed by atoms with Crippen LogP contribution in [0.3, 0.4) is 0 Å². The molecule has 5 nitrogen and oxygen atoms in total. The maximum absolute atomic E-state index is 5.93. The predicted molar refractivity (Wildman–Crippen MR) is 84.4 cm³/mol. The molecule has 0 aliphatic carbocycles. The fourth-order valence-corrected chi connectivity index (χ4v) is 2.71. The van der Waals surface area contributed by atoms with E-state index in [0.29, 0.717) is 12.5 Å². The van der Waals surface area contributed by atoms with Gasteiger partial charge in [0.1, 0.15) is 5.52 Å². The lowest BCUT2D eigenvalue weighted by molar-refractivity contribution is 0.0552. The van der Waals surface area contributed by atoms with Gasteiger partial charge in [-0.3, -0.25) is 0 Å². The minimum atomic E-state index is 0.0208. The van der Waals surface area contributed by atoms with Crippen molar-refractivity contribution in [3.8, 4) is 0 Å². The van der Waals surface area contributed by atoms with E-state index in [-0.39, 0.29) is 11.5 Å². The van der Waals surface area contributed by atoms with Gasteiger partial charge in [-0.15, -0.1) is 11.6 Å². The maximum Gasteiger partial charge on any atom is 0.154 e. The SMILES string of the molecule is CC(C)(C)c1cc2c(N3CCOC(CCl)C3)nccn2n1. The van der Waals surface area contributed by atoms with E-state index >= 15 is 0 Å². The van der Waals surface area contributed by atoms with E-state index in [4.69, 9.17) is 16.3 Å². The smallest absolute Gasteiger partial charge is 0.154 e. The van der Waals surface area contributed by atoms with Crippen molar-refractivity contribution >= 4 is 22.9 Å². The number of fused-ring (bicyclic) bond motifs is 1. The van der Waals surface area contributed by atoms with Gasteiger partial charge >= 0.3 is 0 Å². The van der Waals surface area contributed by atoms with E-state index in [9.17, 15) is 0 Å². The third-order valence-electron chi connectivity index (χ3n) is 3.75. The molecule has 0 saturated carbocycles. The van der Waals surface area contributed by atoms with Gasteiger partial charge in [0, 0.05) is 30.9 Å². The molecule has 0 amide bonds. The number of anilines is 1. The molecule has 3 rings (SSSR count). The number of halogens is 1. The molecular weight excluding hydrogens is 288 g/mol. The van der Waals surface area contributed by atoms with E-state index in [1.165, 1.54) is 0 Å². The van der Waals surface area contributed by atoms with Crippen molar-refractivity contribution in [3.63, 3.8) is 0 Å². The lowest BCUT2D eigenvalue weighted by Gasteiger charge is -2.33. The Labute approximate surface area is 129 Å². The fraction of sp³-hybridized carbons (Fsp3) is 0.600. The second kappa shape index (κ2) is 5.46. The van der Waals surface area contributed by atoms with Gasteiger partial charge in [-0.2, -0.15) is 5.10 Å². The summed E-state index contributed by atoms with van der Waals surface area (Å²) >= 11 is 5.93. The van der Waals surface area contributed by atoms with Crippen LogP contribution in [0.4, 0.5) is 5.82 Å². The van der Waals surface area contributed by atoms with Crippen LogP contribution in [0.25, 0.3) is 5.52 Å². The van der Waals surface area contributed by atoms with Crippen molar-refractivity contribution in [3.05, 3.63) is 24.2 Å². The van der Waals surface area contributed by atoms with Crippen LogP contribution < -0.4 is 4.90 Å². The minimum absolute atomic E-state index is 0.0208. The molecule has 114 valence electrons. The van der Waals surface area contributed by atoms with E-state index in [0.717, 1.165) is 30.1 Å². The Bertz CT molecular complexity index is 634. The molecule has 3 heterocycles. The average molecular weight is 309 g/mol. The molecule has 1 aliphatic rings. The average Bonchev–Trinajstić information content (AvgIpc) is 2.91. The number of aromatic nitrogens is 3. The Morgan fingerprint density at radius 1 is 1.43 bits per heavy atom. The fourth-order valence-electron chi connectivity index (χ4n) is 2.52. The maximum atomic E-state index is 5.93. The molecule has 1 fully saturated rings. The van der Waals surface area contributed by atoms with Crippen LogP contribution in [0.1, 0.15) is 26.5 Å². The van der Waals surface area contributed by atoms with Crippen LogP contribution in [0, 0.1) is 0 Å². The van der Waals surface area contributed by atoms with Gasteiger partial charge in [-0.05, 0) is 6.07 Å². The number of ether oxygens (including phenoxy) is 1. The summed E-state index contributed by atoms with van der Waals surface area (Å²) in [5, 5.41) is 4.67. The summed E-state index contributed by atoms with van der Waals surface area (Å²) in [7, 11) is 0. The summed E-state index contributed by atoms with van der Waals surface area (Å²) in [5.41, 5.74) is 2.13. The summed E-state index contributed by atoms with van der Waals surface area (Å²) in [6.45, 7) is 8.78. The normalized spacial score (nSPS) is 20.2. The molecule has 2 aromatic heterocycles. The van der Waals surface area contributed by atoms with E-state index in [1.807, 2.05) is 10.7 Å². The van der Waals surface area contributed by atoms with E-state index in [1.54, 1.807) is 6.20 Å². The summed E-state index contributed by atoms with van der Waals surface area (Å²) in [5.74, 6) is 1.46. The summed E-state index contributed by atoms with van der Waals surface area (Å²) < 4.78 is 7.54. The molecule has 2 aromatic rings. The Kier molecular flexibility index (Phi) is 3.80. The van der Waals surface area contributed by atoms with Crippen molar-refractivity contribution in [2.24, 2.45) is 0 Å². The molecule has 1 unspecified atom stereocenters. The number of nitrogens with zero attached hydrogens (tertiary/aromatic N) is 4. The van der Waals surface area contributed by atoms with Crippen LogP contribution in [-0.4, -0.2) is 46.3 Å². The monoisotopic (exact) mass is 308 g/mol. The van der Waals surface area contributed by atoms with Gasteiger partial charge in [-0.1, -0.05) is 20.8 Å². The van der Waals surface area contributed by atoms with Crippen molar-refractivity contribution in [2.45, 2.75) is 32.3 Å². The van der Waals surface area contributed by atoms with Gasteiger partial charge < -0.3 is 9.64 Å². The zero-order valence-corrected chi connectivity index (χ0v) is 13.5. The highest BCUT2D eigenvalue weighted by Crippen LogP contribution is 2.27. The molecule has 0 radical (unpaired) electrons. The molecule has 0 aromatic carbocycles. The second-order valence-corrected chi connectivity index (χ2v) is 6.76. The number of hydrogen-bond acceptors (Lipinski definition) is 4. The molecular formula is C15H21ClN4O. The van der Waals surface area contributed by atoms with Gasteiger partial charge in [0.2, 0.25) is 0 Å². The molecule has 0 bridgehead atoms. The Balaban J connectivity index is 2.00. The zero-order chi connectivity index (χ0) is 15.0. The van der Waals surface area contributed by atoms with Crippen molar-refractivity contribution in [1.29, 1.82) is 0 Å². The van der Waals surface area contributed by atoms with Crippen LogP contribution in [0.2, 0.25) is 0 Å². The van der Waals surface area contributed by atoms with Gasteiger partial charge in [0.15, 0.2) is 5.82 Å². The molecule has 1 aliphatic heterocycles. The summed E-state index contributed by atoms with van der Waals surface area (Å²) in [4.78, 5) is 6.80. The highest BCUT2D eigenvalue weighted by Gasteiger charge is 2.24. The highest BCUT2D eigenvalue weighted by molar-refractivity contribution is 6.18. The van der Waals surface area contributed by atoms with Crippen LogP contribution in [0.15, 0.2) is 18.5 Å². The standard InChI is InChI=1S/C15H21ClN4O/c1-15(2,3)13-8-12-14(17-4-5-20(12)18-13)19-6-7-21-11(9-16)10-19/h4-5,8,11H,6-7,9-10H2,1-3H3. The number of rotatable bonds is 2. The van der Waals surface area contributed by atoms with Gasteiger partial charge in [0.25, 0.3) is 0 Å². The quantitative estimate of drug-likeness (QED) is 0.799. The Morgan fingerprint density at radius 3 is 2.95 bits per heavy atom. The molecule has 0 spiro atoms. The first-order valence-corrected chi connectivity index (χ1v) is 7.80. The second-order valence-electron chi connectivity index (χ2n) is 6.45. The van der Waals surface area contributed by atoms with Crippen molar-refractivity contribution in [1.82, 2.24) is 14.6 Å². The molecule has 0 N–H and O–H groups in total. The topological polar surface area (TPSA) is 42.7 Å². The first-order chi connectivity index (χ1) is 9.99. The highest BCUT2D eigenvalue weighted by atomic mass is 35.5. The van der Waals surface area contributed by atoms with E-state index < -0.39 is 0 Å². The van der Waals surface area contributed by atoms with Gasteiger partial charge in [0.05, 0.1) is 24.3 Å². The van der Waals surface area contributed by atoms with Crippen molar-refractivity contribution < 1.29 is 4.74 Å². The first kappa shape index (κ1) is 14.6. The van der Waals surface area contributed by atoms with E-state index in [2.05, 4.69) is 41.8 Å². The largest absolute Gasteiger partial charge is 0.373 e. The minimum Gasteiger partial charge on any atom is -0.373 e.